The topological polar surface area (TPSA) is 354 Å². The van der Waals surface area contributed by atoms with Crippen LogP contribution in [0.4, 0.5) is 0 Å². The number of hydrogen-bond acceptors (Lipinski definition) is 24. The second-order valence-electron chi connectivity index (χ2n) is 19.2. The van der Waals surface area contributed by atoms with E-state index in [9.17, 15) is 61.3 Å². The van der Waals surface area contributed by atoms with Crippen molar-refractivity contribution >= 4 is 0 Å². The summed E-state index contributed by atoms with van der Waals surface area (Å²) in [6, 6.07) is 0. The van der Waals surface area contributed by atoms with Crippen molar-refractivity contribution < 1.29 is 118 Å². The summed E-state index contributed by atoms with van der Waals surface area (Å²) in [5.41, 5.74) is 0. The highest BCUT2D eigenvalue weighted by Crippen LogP contribution is 2.35. The van der Waals surface area contributed by atoms with Gasteiger partial charge in [-0.05, 0) is 18.3 Å². The summed E-state index contributed by atoms with van der Waals surface area (Å²) in [6.07, 6.45) is -9.69. The fourth-order valence-corrected chi connectivity index (χ4v) is 9.19. The summed E-state index contributed by atoms with van der Waals surface area (Å²) in [6.45, 7) is -0.749. The number of rotatable bonds is 36. The molecule has 438 valence electrons. The number of ether oxygens (including phenoxy) is 12. The Morgan fingerprint density at radius 2 is 0.908 bits per heavy atom. The predicted octanol–water partition coefficient (Wildman–Crippen LogP) is -2.57. The Kier molecular flexibility index (Phi) is 32.6. The van der Waals surface area contributed by atoms with Crippen molar-refractivity contribution in [1.82, 2.24) is 0 Å². The molecule has 24 heteroatoms. The van der Waals surface area contributed by atoms with E-state index in [0.717, 1.165) is 19.3 Å². The number of hydrogen-bond donors (Lipinski definition) is 12. The lowest BCUT2D eigenvalue weighted by molar-refractivity contribution is -0.390. The minimum Gasteiger partial charge on any atom is -0.443 e. The summed E-state index contributed by atoms with van der Waals surface area (Å²) in [5, 5.41) is 128. The molecule has 24 nitrogen and oxygen atoms in total. The highest BCUT2D eigenvalue weighted by Gasteiger charge is 2.56. The van der Waals surface area contributed by atoms with Gasteiger partial charge in [0.05, 0.1) is 59.5 Å². The molecule has 0 aliphatic carbocycles. The number of aliphatic hydroxyl groups is 12. The van der Waals surface area contributed by atoms with E-state index in [2.05, 4.69) is 36.7 Å². The van der Waals surface area contributed by atoms with Gasteiger partial charge in [-0.15, -0.1) is 6.42 Å². The molecule has 8 unspecified atom stereocenters. The van der Waals surface area contributed by atoms with Gasteiger partial charge in [0.15, 0.2) is 25.2 Å². The largest absolute Gasteiger partial charge is 0.443 e. The standard InChI is InChI=1S/C52H86O24/c1-3-5-7-9-10-11-12-13-14-15-16-17-18-20-23-65-27-28-68-32-35-46(74-50-42(61)38(57)37(56)34(71-50)30-66-24-19-8-6-4-2)40(59)43(62)51(72-35)75-47-36(31-67-25-21-53)73-52(48(44(47)63)69-26-22-54)76-45-33(29-55)70-49(64)41(60)39(45)58/h2,33-64H,3,5,7,9-18,20-23,25-32H2,1H3/t33-,34?,35-,36?,37+,38-,39?,40?,41?,42?,43?,44-,45+,46+,47+,48?,49+,50-,51-,52-/m0/s1. The molecule has 4 heterocycles. The highest BCUT2D eigenvalue weighted by molar-refractivity contribution is 5.32. The Morgan fingerprint density at radius 3 is 1.50 bits per heavy atom. The summed E-state index contributed by atoms with van der Waals surface area (Å²) < 4.78 is 69.7. The number of aliphatic hydroxyl groups excluding tert-OH is 12. The van der Waals surface area contributed by atoms with E-state index in [1.807, 2.05) is 0 Å². The van der Waals surface area contributed by atoms with Gasteiger partial charge < -0.3 is 118 Å². The first-order valence-electron chi connectivity index (χ1n) is 26.8. The molecule has 0 radical (unpaired) electrons. The normalized spacial score (nSPS) is 35.6. The van der Waals surface area contributed by atoms with Gasteiger partial charge in [-0.2, -0.15) is 0 Å². The minimum atomic E-state index is -2.02. The molecule has 0 bridgehead atoms. The SMILES string of the molecule is C#CC#CC#COCC1O[C@@H](O[C@H]2C(O)C(O)[C@H](O[C@@H]3C(COCCO)O[C@@H](O[C@H]4C(O)C(O)[C@H](O)O[C@H]4CO)C(OCCO)[C@H]3O)O[C@H]2COCCOCCCCCCCCCCCCCCCC)C(O)[C@@H](O)[C@@H]1O. The molecular weight excluding hydrogens is 1010 g/mol. The van der Waals surface area contributed by atoms with Crippen molar-refractivity contribution in [1.29, 1.82) is 0 Å². The Balaban J connectivity index is 1.45. The molecule has 12 N–H and O–H groups in total. The van der Waals surface area contributed by atoms with Crippen molar-refractivity contribution in [2.24, 2.45) is 0 Å². The van der Waals surface area contributed by atoms with Gasteiger partial charge in [0.2, 0.25) is 0 Å². The summed E-state index contributed by atoms with van der Waals surface area (Å²) in [4.78, 5) is 0. The average Bonchev–Trinajstić information content (AvgIpc) is 3.42. The van der Waals surface area contributed by atoms with Crippen LogP contribution in [0.5, 0.6) is 0 Å². The van der Waals surface area contributed by atoms with Crippen LogP contribution in [0.15, 0.2) is 0 Å². The zero-order valence-electron chi connectivity index (χ0n) is 43.6. The van der Waals surface area contributed by atoms with Gasteiger partial charge in [-0.3, -0.25) is 0 Å². The fraction of sp³-hybridized carbons (Fsp3) is 0.885. The monoisotopic (exact) mass is 1090 g/mol. The van der Waals surface area contributed by atoms with Gasteiger partial charge in [0.1, 0.15) is 110 Å². The molecule has 0 amide bonds. The maximum Gasteiger partial charge on any atom is 0.187 e. The van der Waals surface area contributed by atoms with Crippen LogP contribution in [0.1, 0.15) is 96.8 Å². The van der Waals surface area contributed by atoms with Crippen molar-refractivity contribution in [2.45, 2.75) is 220 Å². The second kappa shape index (κ2) is 37.5. The molecule has 4 rings (SSSR count). The van der Waals surface area contributed by atoms with E-state index in [1.54, 1.807) is 0 Å². The van der Waals surface area contributed by atoms with Gasteiger partial charge in [-0.1, -0.05) is 90.4 Å². The lowest BCUT2D eigenvalue weighted by atomic mass is 9.95. The Labute approximate surface area is 445 Å². The third-order valence-corrected chi connectivity index (χ3v) is 13.4. The van der Waals surface area contributed by atoms with Crippen LogP contribution >= 0.6 is 0 Å². The first-order chi connectivity index (χ1) is 36.8. The molecule has 4 aliphatic rings. The Hall–Kier alpha value is -2.44. The van der Waals surface area contributed by atoms with Crippen LogP contribution < -0.4 is 0 Å². The quantitative estimate of drug-likeness (QED) is 0.0227. The lowest BCUT2D eigenvalue weighted by Crippen LogP contribution is -2.68. The molecule has 0 aromatic heterocycles. The Morgan fingerprint density at radius 1 is 0.408 bits per heavy atom. The number of unbranched alkanes of at least 4 members (excludes halogenated alkanes) is 13. The van der Waals surface area contributed by atoms with E-state index in [1.165, 1.54) is 70.6 Å². The van der Waals surface area contributed by atoms with Crippen molar-refractivity contribution in [3.05, 3.63) is 0 Å². The first-order valence-corrected chi connectivity index (χ1v) is 26.8. The van der Waals surface area contributed by atoms with Crippen LogP contribution in [0.2, 0.25) is 0 Å². The Bertz CT molecular complexity index is 1700. The highest BCUT2D eigenvalue weighted by atomic mass is 16.8. The predicted molar refractivity (Wildman–Crippen MR) is 264 cm³/mol. The van der Waals surface area contributed by atoms with Crippen LogP contribution in [-0.2, 0) is 56.8 Å². The molecule has 4 aliphatic heterocycles. The van der Waals surface area contributed by atoms with Crippen LogP contribution in [-0.4, -0.2) is 257 Å². The molecule has 4 fully saturated rings. The van der Waals surface area contributed by atoms with Gasteiger partial charge >= 0.3 is 0 Å². The van der Waals surface area contributed by atoms with E-state index >= 15 is 0 Å². The van der Waals surface area contributed by atoms with E-state index in [0.29, 0.717) is 6.61 Å². The maximum atomic E-state index is 12.0. The molecule has 20 atom stereocenters. The van der Waals surface area contributed by atoms with Crippen LogP contribution in [0, 0.1) is 36.2 Å². The van der Waals surface area contributed by atoms with Crippen LogP contribution in [0.25, 0.3) is 0 Å². The molecule has 4 saturated heterocycles. The zero-order valence-corrected chi connectivity index (χ0v) is 43.6. The first kappa shape index (κ1) is 66.1. The van der Waals surface area contributed by atoms with E-state index < -0.39 is 162 Å². The molecule has 0 aromatic carbocycles. The molecule has 76 heavy (non-hydrogen) atoms. The smallest absolute Gasteiger partial charge is 0.187 e. The molecular formula is C52H86O24. The zero-order chi connectivity index (χ0) is 55.2. The summed E-state index contributed by atoms with van der Waals surface area (Å²) >= 11 is 0. The average molecular weight is 1100 g/mol. The van der Waals surface area contributed by atoms with Gasteiger partial charge in [0.25, 0.3) is 0 Å². The number of terminal acetylenes is 1. The summed E-state index contributed by atoms with van der Waals surface area (Å²) in [5.74, 6) is 9.02. The van der Waals surface area contributed by atoms with Crippen molar-refractivity contribution in [3.63, 3.8) is 0 Å². The molecule has 0 saturated carbocycles. The van der Waals surface area contributed by atoms with Crippen LogP contribution in [0.3, 0.4) is 0 Å². The third-order valence-electron chi connectivity index (χ3n) is 13.4. The summed E-state index contributed by atoms with van der Waals surface area (Å²) in [7, 11) is 0. The van der Waals surface area contributed by atoms with E-state index in [4.69, 9.17) is 63.3 Å². The van der Waals surface area contributed by atoms with Crippen molar-refractivity contribution in [2.75, 3.05) is 72.7 Å². The lowest BCUT2D eigenvalue weighted by Gasteiger charge is -2.49. The van der Waals surface area contributed by atoms with Gasteiger partial charge in [0, 0.05) is 18.4 Å². The molecule has 0 aromatic rings. The van der Waals surface area contributed by atoms with E-state index in [-0.39, 0.29) is 26.4 Å². The minimum absolute atomic E-state index is 0.0353. The third kappa shape index (κ3) is 21.2. The molecule has 0 spiro atoms. The van der Waals surface area contributed by atoms with Gasteiger partial charge in [-0.25, -0.2) is 0 Å². The maximum absolute atomic E-state index is 12.0. The van der Waals surface area contributed by atoms with Crippen molar-refractivity contribution in [3.8, 4) is 36.2 Å². The fourth-order valence-electron chi connectivity index (χ4n) is 9.19. The second-order valence-corrected chi connectivity index (χ2v) is 19.2.